The number of fused-ring (bicyclic) bond motifs is 2. The summed E-state index contributed by atoms with van der Waals surface area (Å²) in [5.74, 6) is 0.271. The Kier molecular flexibility index (Phi) is 6.89. The number of likely N-dealkylation sites (tertiary alicyclic amines) is 1. The van der Waals surface area contributed by atoms with Crippen LogP contribution in [0.1, 0.15) is 40.0 Å². The van der Waals surface area contributed by atoms with Gasteiger partial charge in [0.2, 0.25) is 0 Å². The van der Waals surface area contributed by atoms with Crippen molar-refractivity contribution in [1.82, 2.24) is 29.7 Å². The summed E-state index contributed by atoms with van der Waals surface area (Å²) >= 11 is 6.43. The molecule has 41 heavy (non-hydrogen) atoms. The average Bonchev–Trinajstić information content (AvgIpc) is 3.69. The summed E-state index contributed by atoms with van der Waals surface area (Å²) in [5.41, 5.74) is 2.83. The third kappa shape index (κ3) is 5.36. The fraction of sp³-hybridized carbons (Fsp3) is 0.379. The fourth-order valence-corrected chi connectivity index (χ4v) is 6.37. The molecule has 0 spiro atoms. The molecule has 3 atom stereocenters. The molecule has 1 saturated heterocycles. The maximum atomic E-state index is 13.8. The van der Waals surface area contributed by atoms with Gasteiger partial charge in [-0.25, -0.2) is 4.68 Å². The maximum Gasteiger partial charge on any atom is 0.416 e. The molecular weight excluding hydrogens is 555 g/mol. The minimum atomic E-state index is -4.53. The second-order valence-corrected chi connectivity index (χ2v) is 11.5. The van der Waals surface area contributed by atoms with Crippen LogP contribution in [0.2, 0.25) is 5.02 Å². The number of rotatable bonds is 6. The molecule has 4 aromatic rings. The first-order valence-corrected chi connectivity index (χ1v) is 13.8. The highest BCUT2D eigenvalue weighted by atomic mass is 35.5. The highest BCUT2D eigenvalue weighted by Crippen LogP contribution is 2.43. The van der Waals surface area contributed by atoms with Crippen LogP contribution in [-0.2, 0) is 19.6 Å². The molecule has 2 aromatic carbocycles. The van der Waals surface area contributed by atoms with Gasteiger partial charge in [0, 0.05) is 42.1 Å². The standard InChI is InChI=1S/C29H29ClF3N7O/c1-16-24(13-34-39(16)3)26-15-40(37-36-26)27-11-18(4-5-25(27)30)28(41)35-22-8-17(7-21(12-22)29(31,32)33)6-19-9-23-10-20(19)14-38(23)2/h4-5,7-8,11-13,15,19-20,23H,6,9-10,14H2,1-3H3,(H,35,41). The molecule has 1 aliphatic carbocycles. The Bertz CT molecular complexity index is 1630. The van der Waals surface area contributed by atoms with Gasteiger partial charge in [-0.2, -0.15) is 18.3 Å². The monoisotopic (exact) mass is 583 g/mol. The molecule has 3 unspecified atom stereocenters. The van der Waals surface area contributed by atoms with E-state index in [1.807, 2.05) is 14.0 Å². The molecule has 1 saturated carbocycles. The van der Waals surface area contributed by atoms with E-state index in [9.17, 15) is 18.0 Å². The van der Waals surface area contributed by atoms with Gasteiger partial charge >= 0.3 is 6.18 Å². The van der Waals surface area contributed by atoms with Crippen LogP contribution in [0.4, 0.5) is 18.9 Å². The first-order chi connectivity index (χ1) is 19.5. The molecule has 214 valence electrons. The van der Waals surface area contributed by atoms with Crippen molar-refractivity contribution in [3.05, 3.63) is 76.2 Å². The molecule has 6 rings (SSSR count). The predicted molar refractivity (Wildman–Crippen MR) is 149 cm³/mol. The molecule has 0 radical (unpaired) electrons. The van der Waals surface area contributed by atoms with Gasteiger partial charge in [-0.3, -0.25) is 9.48 Å². The van der Waals surface area contributed by atoms with E-state index in [0.717, 1.165) is 36.7 Å². The number of anilines is 1. The molecule has 1 N–H and O–H groups in total. The number of nitrogens with one attached hydrogen (secondary N) is 1. The zero-order valence-corrected chi connectivity index (χ0v) is 23.5. The van der Waals surface area contributed by atoms with Gasteiger partial charge in [-0.05, 0) is 87.0 Å². The minimum absolute atomic E-state index is 0.103. The lowest BCUT2D eigenvalue weighted by molar-refractivity contribution is -0.137. The lowest BCUT2D eigenvalue weighted by Crippen LogP contribution is -2.32. The van der Waals surface area contributed by atoms with Crippen molar-refractivity contribution in [2.75, 3.05) is 18.9 Å². The summed E-state index contributed by atoms with van der Waals surface area (Å²) < 4.78 is 44.6. The zero-order chi connectivity index (χ0) is 29.1. The van der Waals surface area contributed by atoms with E-state index in [2.05, 4.69) is 32.7 Å². The van der Waals surface area contributed by atoms with Gasteiger partial charge in [-0.15, -0.1) is 5.10 Å². The van der Waals surface area contributed by atoms with Crippen LogP contribution >= 0.6 is 11.6 Å². The normalized spacial score (nSPS) is 20.6. The fourth-order valence-electron chi connectivity index (χ4n) is 6.17. The molecule has 8 nitrogen and oxygen atoms in total. The largest absolute Gasteiger partial charge is 0.416 e. The number of nitrogens with zero attached hydrogens (tertiary/aromatic N) is 6. The van der Waals surface area contributed by atoms with Crippen molar-refractivity contribution in [2.45, 2.75) is 38.4 Å². The van der Waals surface area contributed by atoms with Crippen molar-refractivity contribution in [1.29, 1.82) is 0 Å². The number of aromatic nitrogens is 5. The maximum absolute atomic E-state index is 13.8. The van der Waals surface area contributed by atoms with Crippen LogP contribution in [0.3, 0.4) is 0 Å². The Morgan fingerprint density at radius 3 is 2.61 bits per heavy atom. The summed E-state index contributed by atoms with van der Waals surface area (Å²) in [7, 11) is 3.93. The van der Waals surface area contributed by atoms with E-state index in [1.165, 1.54) is 22.9 Å². The van der Waals surface area contributed by atoms with Crippen LogP contribution < -0.4 is 5.32 Å². The third-order valence-electron chi connectivity index (χ3n) is 8.50. The topological polar surface area (TPSA) is 80.9 Å². The number of amides is 1. The number of halogens is 4. The van der Waals surface area contributed by atoms with Gasteiger partial charge in [0.1, 0.15) is 5.69 Å². The molecule has 2 aromatic heterocycles. The SMILES string of the molecule is Cc1c(-c2cn(-c3cc(C(=O)Nc4cc(CC5CC6CC5CN6C)cc(C(F)(F)F)c4)ccc3Cl)nn2)cnn1C. The Morgan fingerprint density at radius 2 is 1.95 bits per heavy atom. The lowest BCUT2D eigenvalue weighted by atomic mass is 9.87. The van der Waals surface area contributed by atoms with Crippen LogP contribution in [0, 0.1) is 18.8 Å². The highest BCUT2D eigenvalue weighted by Gasteiger charge is 2.42. The smallest absolute Gasteiger partial charge is 0.322 e. The number of alkyl halides is 3. The van der Waals surface area contributed by atoms with Gasteiger partial charge in [0.05, 0.1) is 28.7 Å². The Labute approximate surface area is 240 Å². The number of carbonyl (C=O) groups excluding carboxylic acids is 1. The molecule has 3 heterocycles. The van der Waals surface area contributed by atoms with Crippen LogP contribution in [0.15, 0.2) is 48.8 Å². The molecule has 2 fully saturated rings. The quantitative estimate of drug-likeness (QED) is 0.311. The number of piperidine rings is 1. The first-order valence-electron chi connectivity index (χ1n) is 13.4. The Morgan fingerprint density at radius 1 is 1.15 bits per heavy atom. The summed E-state index contributed by atoms with van der Waals surface area (Å²) in [6.07, 6.45) is 1.47. The summed E-state index contributed by atoms with van der Waals surface area (Å²) in [5, 5.41) is 15.6. The second kappa shape index (κ2) is 10.3. The van der Waals surface area contributed by atoms with E-state index >= 15 is 0 Å². The van der Waals surface area contributed by atoms with E-state index in [0.29, 0.717) is 46.3 Å². The molecular formula is C29H29ClF3N7O. The van der Waals surface area contributed by atoms with E-state index in [-0.39, 0.29) is 11.3 Å². The summed E-state index contributed by atoms with van der Waals surface area (Å²) in [4.78, 5) is 15.6. The van der Waals surface area contributed by atoms with Crippen molar-refractivity contribution in [2.24, 2.45) is 18.9 Å². The van der Waals surface area contributed by atoms with Crippen LogP contribution in [-0.4, -0.2) is 55.2 Å². The van der Waals surface area contributed by atoms with Crippen LogP contribution in [0.5, 0.6) is 0 Å². The average molecular weight is 584 g/mol. The predicted octanol–water partition coefficient (Wildman–Crippen LogP) is 5.78. The van der Waals surface area contributed by atoms with Gasteiger partial charge in [0.25, 0.3) is 5.91 Å². The van der Waals surface area contributed by atoms with Crippen molar-refractivity contribution in [3.8, 4) is 16.9 Å². The van der Waals surface area contributed by atoms with Crippen molar-refractivity contribution >= 4 is 23.2 Å². The number of carbonyl (C=O) groups is 1. The number of aryl methyl sites for hydroxylation is 1. The molecule has 2 bridgehead atoms. The third-order valence-corrected chi connectivity index (χ3v) is 8.82. The van der Waals surface area contributed by atoms with Crippen molar-refractivity contribution in [3.63, 3.8) is 0 Å². The molecule has 1 amide bonds. The van der Waals surface area contributed by atoms with Gasteiger partial charge in [0.15, 0.2) is 0 Å². The Balaban J connectivity index is 1.24. The first kappa shape index (κ1) is 27.5. The summed E-state index contributed by atoms with van der Waals surface area (Å²) in [6.45, 7) is 2.89. The molecule has 12 heteroatoms. The highest BCUT2D eigenvalue weighted by molar-refractivity contribution is 6.32. The second-order valence-electron chi connectivity index (χ2n) is 11.1. The van der Waals surface area contributed by atoms with E-state index in [4.69, 9.17) is 11.6 Å². The molecule has 2 aliphatic rings. The van der Waals surface area contributed by atoms with Gasteiger partial charge < -0.3 is 10.2 Å². The number of hydrogen-bond acceptors (Lipinski definition) is 5. The Hall–Kier alpha value is -3.70. The summed E-state index contributed by atoms with van der Waals surface area (Å²) in [6, 6.07) is 8.94. The van der Waals surface area contributed by atoms with Crippen LogP contribution in [0.25, 0.3) is 16.9 Å². The molecule has 1 aliphatic heterocycles. The zero-order valence-electron chi connectivity index (χ0n) is 22.8. The van der Waals surface area contributed by atoms with E-state index < -0.39 is 17.6 Å². The number of hydrogen-bond donors (Lipinski definition) is 1. The lowest BCUT2D eigenvalue weighted by Gasteiger charge is -2.28. The van der Waals surface area contributed by atoms with Crippen molar-refractivity contribution < 1.29 is 18.0 Å². The van der Waals surface area contributed by atoms with Gasteiger partial charge in [-0.1, -0.05) is 16.8 Å². The minimum Gasteiger partial charge on any atom is -0.322 e. The number of benzene rings is 2. The van der Waals surface area contributed by atoms with E-state index in [1.54, 1.807) is 29.2 Å².